The number of carboxylic acid groups (broad SMARTS) is 1. The van der Waals surface area contributed by atoms with Crippen molar-refractivity contribution >= 4 is 5.97 Å². The molecule has 0 saturated carbocycles. The summed E-state index contributed by atoms with van der Waals surface area (Å²) in [6.45, 7) is 4.23. The molecule has 2 rings (SSSR count). The first kappa shape index (κ1) is 14.1. The van der Waals surface area contributed by atoms with Crippen molar-refractivity contribution < 1.29 is 9.90 Å². The second-order valence-corrected chi connectivity index (χ2v) is 5.08. The highest BCUT2D eigenvalue weighted by Gasteiger charge is 2.12. The van der Waals surface area contributed by atoms with Crippen LogP contribution in [0.3, 0.4) is 0 Å². The fraction of sp³-hybridized carbons (Fsp3) is 0.250. The third-order valence-electron chi connectivity index (χ3n) is 3.41. The van der Waals surface area contributed by atoms with Crippen LogP contribution in [0.2, 0.25) is 0 Å². The zero-order valence-corrected chi connectivity index (χ0v) is 11.8. The maximum atomic E-state index is 12.0. The largest absolute Gasteiger partial charge is 0.477 e. The Morgan fingerprint density at radius 3 is 2.20 bits per heavy atom. The lowest BCUT2D eigenvalue weighted by Crippen LogP contribution is -2.25. The number of carboxylic acids is 1. The zero-order chi connectivity index (χ0) is 14.9. The van der Waals surface area contributed by atoms with E-state index in [0.29, 0.717) is 11.6 Å². The van der Waals surface area contributed by atoms with E-state index in [9.17, 15) is 9.59 Å². The molecule has 1 aromatic carbocycles. The van der Waals surface area contributed by atoms with E-state index in [1.807, 2.05) is 24.3 Å². The second kappa shape index (κ2) is 5.33. The Kier molecular flexibility index (Phi) is 3.74. The summed E-state index contributed by atoms with van der Waals surface area (Å²) in [4.78, 5) is 22.9. The predicted molar refractivity (Wildman–Crippen MR) is 78.2 cm³/mol. The molecule has 0 aliphatic rings. The number of pyridine rings is 1. The highest BCUT2D eigenvalue weighted by atomic mass is 16.4. The number of benzene rings is 1. The first-order valence-electron chi connectivity index (χ1n) is 6.45. The Hall–Kier alpha value is -2.36. The van der Waals surface area contributed by atoms with Gasteiger partial charge >= 0.3 is 5.97 Å². The standard InChI is InChI=1S/C16H17NO3/c1-10(2)11-4-6-12(7-5-11)14-9-8-13(16(19)20)15(18)17(14)3/h4-10H,1-3H3,(H,19,20). The molecule has 0 amide bonds. The van der Waals surface area contributed by atoms with Crippen LogP contribution in [-0.4, -0.2) is 15.6 Å². The van der Waals surface area contributed by atoms with Crippen LogP contribution in [0.4, 0.5) is 0 Å². The molecule has 1 N–H and O–H groups in total. The summed E-state index contributed by atoms with van der Waals surface area (Å²) in [5.74, 6) is -0.755. The van der Waals surface area contributed by atoms with E-state index < -0.39 is 11.5 Å². The molecule has 104 valence electrons. The van der Waals surface area contributed by atoms with Crippen molar-refractivity contribution in [3.63, 3.8) is 0 Å². The number of nitrogens with zero attached hydrogens (tertiary/aromatic N) is 1. The van der Waals surface area contributed by atoms with Gasteiger partial charge in [0.25, 0.3) is 5.56 Å². The molecule has 0 unspecified atom stereocenters. The normalized spacial score (nSPS) is 10.8. The summed E-state index contributed by atoms with van der Waals surface area (Å²) in [6.07, 6.45) is 0. The third-order valence-corrected chi connectivity index (χ3v) is 3.41. The molecule has 20 heavy (non-hydrogen) atoms. The Morgan fingerprint density at radius 1 is 1.10 bits per heavy atom. The topological polar surface area (TPSA) is 59.3 Å². The van der Waals surface area contributed by atoms with E-state index in [4.69, 9.17) is 5.11 Å². The molecule has 4 nitrogen and oxygen atoms in total. The van der Waals surface area contributed by atoms with Crippen molar-refractivity contribution in [2.24, 2.45) is 7.05 Å². The van der Waals surface area contributed by atoms with E-state index in [1.54, 1.807) is 13.1 Å². The molecule has 0 fully saturated rings. The van der Waals surface area contributed by atoms with Crippen molar-refractivity contribution in [3.05, 3.63) is 57.9 Å². The van der Waals surface area contributed by atoms with Gasteiger partial charge in [0.2, 0.25) is 0 Å². The molecule has 1 heterocycles. The molecule has 0 aliphatic heterocycles. The molecule has 0 atom stereocenters. The quantitative estimate of drug-likeness (QED) is 0.933. The minimum absolute atomic E-state index is 0.213. The average Bonchev–Trinajstić information content (AvgIpc) is 2.41. The summed E-state index contributed by atoms with van der Waals surface area (Å²) in [5.41, 5.74) is 2.11. The smallest absolute Gasteiger partial charge is 0.341 e. The molecule has 2 aromatic rings. The van der Waals surface area contributed by atoms with Crippen LogP contribution in [-0.2, 0) is 7.05 Å². The van der Waals surface area contributed by atoms with Gasteiger partial charge in [0.1, 0.15) is 5.56 Å². The van der Waals surface area contributed by atoms with Crippen LogP contribution < -0.4 is 5.56 Å². The fourth-order valence-corrected chi connectivity index (χ4v) is 2.13. The molecular weight excluding hydrogens is 254 g/mol. The van der Waals surface area contributed by atoms with Gasteiger partial charge in [-0.25, -0.2) is 4.79 Å². The van der Waals surface area contributed by atoms with E-state index >= 15 is 0 Å². The monoisotopic (exact) mass is 271 g/mol. The Balaban J connectivity index is 2.51. The number of hydrogen-bond acceptors (Lipinski definition) is 2. The minimum atomic E-state index is -1.20. The highest BCUT2D eigenvalue weighted by molar-refractivity contribution is 5.87. The number of hydrogen-bond donors (Lipinski definition) is 1. The molecule has 4 heteroatoms. The van der Waals surface area contributed by atoms with Crippen LogP contribution in [0.15, 0.2) is 41.2 Å². The van der Waals surface area contributed by atoms with Crippen LogP contribution in [0.5, 0.6) is 0 Å². The van der Waals surface area contributed by atoms with Gasteiger partial charge < -0.3 is 9.67 Å². The van der Waals surface area contributed by atoms with Crippen molar-refractivity contribution in [3.8, 4) is 11.3 Å². The van der Waals surface area contributed by atoms with Crippen molar-refractivity contribution in [1.82, 2.24) is 4.57 Å². The van der Waals surface area contributed by atoms with Crippen LogP contribution >= 0.6 is 0 Å². The summed E-state index contributed by atoms with van der Waals surface area (Å²) in [5, 5.41) is 8.94. The van der Waals surface area contributed by atoms with Crippen molar-refractivity contribution in [1.29, 1.82) is 0 Å². The second-order valence-electron chi connectivity index (χ2n) is 5.08. The number of aromatic nitrogens is 1. The lowest BCUT2D eigenvalue weighted by molar-refractivity contribution is 0.0694. The lowest BCUT2D eigenvalue weighted by atomic mass is 10.0. The van der Waals surface area contributed by atoms with Crippen LogP contribution in [0.1, 0.15) is 35.7 Å². The van der Waals surface area contributed by atoms with E-state index in [2.05, 4.69) is 13.8 Å². The minimum Gasteiger partial charge on any atom is -0.477 e. The van der Waals surface area contributed by atoms with Gasteiger partial charge in [-0.05, 0) is 29.2 Å². The van der Waals surface area contributed by atoms with Crippen molar-refractivity contribution in [2.75, 3.05) is 0 Å². The molecule has 0 bridgehead atoms. The summed E-state index contributed by atoms with van der Waals surface area (Å²) in [7, 11) is 1.58. The molecule has 0 spiro atoms. The van der Waals surface area contributed by atoms with Crippen LogP contribution in [0, 0.1) is 0 Å². The van der Waals surface area contributed by atoms with Gasteiger partial charge in [-0.15, -0.1) is 0 Å². The number of rotatable bonds is 3. The first-order valence-corrected chi connectivity index (χ1v) is 6.45. The molecule has 0 radical (unpaired) electrons. The molecule has 0 aliphatic carbocycles. The first-order chi connectivity index (χ1) is 9.41. The lowest BCUT2D eigenvalue weighted by Gasteiger charge is -2.11. The Bertz CT molecular complexity index is 697. The Labute approximate surface area is 117 Å². The van der Waals surface area contributed by atoms with E-state index in [-0.39, 0.29) is 5.56 Å². The highest BCUT2D eigenvalue weighted by Crippen LogP contribution is 2.21. The van der Waals surface area contributed by atoms with E-state index in [1.165, 1.54) is 16.2 Å². The summed E-state index contributed by atoms with van der Waals surface area (Å²) >= 11 is 0. The molecule has 0 saturated heterocycles. The maximum Gasteiger partial charge on any atom is 0.341 e. The van der Waals surface area contributed by atoms with Crippen LogP contribution in [0.25, 0.3) is 11.3 Å². The zero-order valence-electron chi connectivity index (χ0n) is 11.8. The van der Waals surface area contributed by atoms with Gasteiger partial charge in [-0.2, -0.15) is 0 Å². The predicted octanol–water partition coefficient (Wildman–Crippen LogP) is 2.87. The Morgan fingerprint density at radius 2 is 1.70 bits per heavy atom. The number of carbonyl (C=O) groups is 1. The van der Waals surface area contributed by atoms with Gasteiger partial charge in [0, 0.05) is 7.05 Å². The SMILES string of the molecule is CC(C)c1ccc(-c2ccc(C(=O)O)c(=O)n2C)cc1. The third kappa shape index (κ3) is 2.50. The van der Waals surface area contributed by atoms with E-state index in [0.717, 1.165) is 5.56 Å². The van der Waals surface area contributed by atoms with Crippen molar-refractivity contribution in [2.45, 2.75) is 19.8 Å². The summed E-state index contributed by atoms with van der Waals surface area (Å²) < 4.78 is 1.37. The summed E-state index contributed by atoms with van der Waals surface area (Å²) in [6, 6.07) is 11.0. The molecular formula is C16H17NO3. The fourth-order valence-electron chi connectivity index (χ4n) is 2.13. The van der Waals surface area contributed by atoms with Gasteiger partial charge in [0.15, 0.2) is 0 Å². The average molecular weight is 271 g/mol. The van der Waals surface area contributed by atoms with Gasteiger partial charge in [-0.3, -0.25) is 4.79 Å². The molecule has 1 aromatic heterocycles. The number of aromatic carboxylic acids is 1. The van der Waals surface area contributed by atoms with Gasteiger partial charge in [-0.1, -0.05) is 38.1 Å². The van der Waals surface area contributed by atoms with Gasteiger partial charge in [0.05, 0.1) is 5.69 Å². The maximum absolute atomic E-state index is 12.0.